The van der Waals surface area contributed by atoms with Crippen LogP contribution in [-0.4, -0.2) is 43.2 Å². The number of hydrogen-bond donors (Lipinski definition) is 1. The average molecular weight is 319 g/mol. The number of hydrogen-bond acceptors (Lipinski definition) is 4. The highest BCUT2D eigenvalue weighted by Crippen LogP contribution is 2.23. The molecule has 94 valence electrons. The molecule has 1 aliphatic heterocycles. The molecule has 2 N–H and O–H groups in total. The number of ether oxygens (including phenoxy) is 1. The molecule has 0 aromatic carbocycles. The summed E-state index contributed by atoms with van der Waals surface area (Å²) in [5, 5.41) is 0. The van der Waals surface area contributed by atoms with Crippen molar-refractivity contribution in [2.45, 2.75) is 12.5 Å². The van der Waals surface area contributed by atoms with Gasteiger partial charge in [-0.25, -0.2) is 0 Å². The molecule has 4 nitrogen and oxygen atoms in total. The largest absolute Gasteiger partial charge is 0.377 e. The van der Waals surface area contributed by atoms with Crippen molar-refractivity contribution in [2.75, 3.05) is 26.3 Å². The Morgan fingerprint density at radius 2 is 2.47 bits per heavy atom. The Morgan fingerprint density at radius 1 is 1.65 bits per heavy atom. The maximum Gasteiger partial charge on any atom is 0.228 e. The summed E-state index contributed by atoms with van der Waals surface area (Å²) < 4.78 is 6.38. The normalized spacial score (nSPS) is 20.6. The van der Waals surface area contributed by atoms with Crippen molar-refractivity contribution >= 4 is 33.2 Å². The molecular weight excluding hydrogens is 304 g/mol. The third-order valence-corrected chi connectivity index (χ3v) is 4.40. The van der Waals surface area contributed by atoms with E-state index in [1.165, 1.54) is 0 Å². The van der Waals surface area contributed by atoms with E-state index in [-0.39, 0.29) is 11.9 Å². The predicted molar refractivity (Wildman–Crippen MR) is 71.1 cm³/mol. The highest BCUT2D eigenvalue weighted by molar-refractivity contribution is 9.11. The Kier molecular flexibility index (Phi) is 4.55. The van der Waals surface area contributed by atoms with E-state index in [1.54, 1.807) is 11.3 Å². The molecule has 1 fully saturated rings. The summed E-state index contributed by atoms with van der Waals surface area (Å²) in [6.07, 6.45) is 0.451. The summed E-state index contributed by atoms with van der Waals surface area (Å²) in [6.45, 7) is 2.26. The van der Waals surface area contributed by atoms with Gasteiger partial charge in [-0.1, -0.05) is 0 Å². The van der Waals surface area contributed by atoms with Crippen molar-refractivity contribution in [3.8, 4) is 0 Å². The van der Waals surface area contributed by atoms with Crippen LogP contribution in [0.4, 0.5) is 0 Å². The van der Waals surface area contributed by atoms with Crippen LogP contribution in [0.25, 0.3) is 0 Å². The topological polar surface area (TPSA) is 55.6 Å². The summed E-state index contributed by atoms with van der Waals surface area (Å²) >= 11 is 4.99. The van der Waals surface area contributed by atoms with Crippen LogP contribution >= 0.6 is 27.3 Å². The molecule has 1 aromatic heterocycles. The van der Waals surface area contributed by atoms with Crippen LogP contribution in [0.1, 0.15) is 4.88 Å². The van der Waals surface area contributed by atoms with Crippen molar-refractivity contribution in [1.29, 1.82) is 0 Å². The Hall–Kier alpha value is -0.430. The zero-order chi connectivity index (χ0) is 12.3. The number of morpholine rings is 1. The quantitative estimate of drug-likeness (QED) is 0.912. The van der Waals surface area contributed by atoms with E-state index in [0.29, 0.717) is 32.7 Å². The Labute approximate surface area is 113 Å². The van der Waals surface area contributed by atoms with Gasteiger partial charge in [-0.2, -0.15) is 0 Å². The van der Waals surface area contributed by atoms with Crippen LogP contribution in [0.2, 0.25) is 0 Å². The second-order valence-electron chi connectivity index (χ2n) is 3.93. The van der Waals surface area contributed by atoms with Gasteiger partial charge in [-0.3, -0.25) is 4.79 Å². The summed E-state index contributed by atoms with van der Waals surface area (Å²) in [5.74, 6) is 0.137. The Morgan fingerprint density at radius 3 is 3.12 bits per heavy atom. The van der Waals surface area contributed by atoms with Gasteiger partial charge in [0, 0.05) is 18.0 Å². The van der Waals surface area contributed by atoms with E-state index in [0.717, 1.165) is 8.66 Å². The molecule has 2 heterocycles. The minimum atomic E-state index is 0.0275. The summed E-state index contributed by atoms with van der Waals surface area (Å²) in [7, 11) is 0. The molecule has 2 rings (SSSR count). The van der Waals surface area contributed by atoms with Crippen molar-refractivity contribution in [2.24, 2.45) is 5.73 Å². The lowest BCUT2D eigenvalue weighted by molar-refractivity contribution is -0.138. The smallest absolute Gasteiger partial charge is 0.228 e. The molecule has 1 amide bonds. The molecule has 1 saturated heterocycles. The first-order valence-corrected chi connectivity index (χ1v) is 7.13. The number of nitrogens with two attached hydrogens (primary N) is 1. The fraction of sp³-hybridized carbons (Fsp3) is 0.545. The maximum absolute atomic E-state index is 12.2. The number of halogens is 1. The number of carbonyl (C=O) groups is 1. The van der Waals surface area contributed by atoms with Crippen molar-refractivity contribution in [1.82, 2.24) is 4.90 Å². The molecule has 0 saturated carbocycles. The van der Waals surface area contributed by atoms with Gasteiger partial charge in [-0.15, -0.1) is 11.3 Å². The second-order valence-corrected chi connectivity index (χ2v) is 6.48. The first-order chi connectivity index (χ1) is 8.20. The van der Waals surface area contributed by atoms with E-state index in [2.05, 4.69) is 15.9 Å². The molecule has 6 heteroatoms. The van der Waals surface area contributed by atoms with Gasteiger partial charge < -0.3 is 15.4 Å². The van der Waals surface area contributed by atoms with E-state index in [9.17, 15) is 4.79 Å². The first-order valence-electron chi connectivity index (χ1n) is 5.52. The fourth-order valence-electron chi connectivity index (χ4n) is 1.88. The number of nitrogens with zero attached hydrogens (tertiary/aromatic N) is 1. The van der Waals surface area contributed by atoms with Gasteiger partial charge in [0.25, 0.3) is 0 Å². The van der Waals surface area contributed by atoms with E-state index in [4.69, 9.17) is 10.5 Å². The fourth-order valence-corrected chi connectivity index (χ4v) is 3.35. The predicted octanol–water partition coefficient (Wildman–Crippen LogP) is 1.24. The molecule has 1 atom stereocenters. The molecule has 0 aliphatic carbocycles. The first kappa shape index (κ1) is 13.0. The third-order valence-electron chi connectivity index (χ3n) is 2.77. The maximum atomic E-state index is 12.2. The molecule has 1 aliphatic rings. The van der Waals surface area contributed by atoms with Gasteiger partial charge in [0.05, 0.1) is 29.5 Å². The zero-order valence-electron chi connectivity index (χ0n) is 9.39. The van der Waals surface area contributed by atoms with Crippen molar-refractivity contribution in [3.05, 3.63) is 20.8 Å². The lowest BCUT2D eigenvalue weighted by Crippen LogP contribution is -2.52. The van der Waals surface area contributed by atoms with E-state index < -0.39 is 0 Å². The lowest BCUT2D eigenvalue weighted by atomic mass is 10.2. The van der Waals surface area contributed by atoms with Crippen LogP contribution in [0, 0.1) is 0 Å². The molecule has 17 heavy (non-hydrogen) atoms. The summed E-state index contributed by atoms with van der Waals surface area (Å²) in [6, 6.07) is 3.97. The van der Waals surface area contributed by atoms with E-state index >= 15 is 0 Å². The molecule has 0 spiro atoms. The van der Waals surface area contributed by atoms with Crippen LogP contribution in [0.3, 0.4) is 0 Å². The number of carbonyl (C=O) groups excluding carboxylic acids is 1. The van der Waals surface area contributed by atoms with Crippen LogP contribution in [0.5, 0.6) is 0 Å². The van der Waals surface area contributed by atoms with Gasteiger partial charge in [0.15, 0.2) is 0 Å². The van der Waals surface area contributed by atoms with Crippen molar-refractivity contribution in [3.63, 3.8) is 0 Å². The van der Waals surface area contributed by atoms with Gasteiger partial charge in [-0.05, 0) is 28.1 Å². The molecule has 0 bridgehead atoms. The summed E-state index contributed by atoms with van der Waals surface area (Å²) in [4.78, 5) is 15.1. The summed E-state index contributed by atoms with van der Waals surface area (Å²) in [5.41, 5.74) is 5.65. The highest BCUT2D eigenvalue weighted by Gasteiger charge is 2.26. The SMILES string of the molecule is NCC1COCCN1C(=O)Cc1ccc(Br)s1. The van der Waals surface area contributed by atoms with Gasteiger partial charge in [0.1, 0.15) is 0 Å². The highest BCUT2D eigenvalue weighted by atomic mass is 79.9. The third kappa shape index (κ3) is 3.28. The Bertz CT molecular complexity index is 397. The van der Waals surface area contributed by atoms with Crippen LogP contribution in [-0.2, 0) is 16.0 Å². The second kappa shape index (κ2) is 5.95. The zero-order valence-corrected chi connectivity index (χ0v) is 11.8. The monoisotopic (exact) mass is 318 g/mol. The molecular formula is C11H15BrN2O2S. The lowest BCUT2D eigenvalue weighted by Gasteiger charge is -2.34. The standard InChI is InChI=1S/C11H15BrN2O2S/c12-10-2-1-9(17-10)5-11(15)14-3-4-16-7-8(14)6-13/h1-2,8H,3-7,13H2. The van der Waals surface area contributed by atoms with Crippen LogP contribution in [0.15, 0.2) is 15.9 Å². The van der Waals surface area contributed by atoms with Crippen LogP contribution < -0.4 is 5.73 Å². The molecule has 1 aromatic rings. The number of thiophene rings is 1. The molecule has 0 radical (unpaired) electrons. The van der Waals surface area contributed by atoms with Crippen molar-refractivity contribution < 1.29 is 9.53 Å². The Balaban J connectivity index is 1.98. The average Bonchev–Trinajstić information content (AvgIpc) is 2.74. The van der Waals surface area contributed by atoms with E-state index in [1.807, 2.05) is 17.0 Å². The minimum Gasteiger partial charge on any atom is -0.377 e. The number of rotatable bonds is 3. The molecule has 1 unspecified atom stereocenters. The number of amides is 1. The minimum absolute atomic E-state index is 0.0275. The van der Waals surface area contributed by atoms with Gasteiger partial charge >= 0.3 is 0 Å². The van der Waals surface area contributed by atoms with Gasteiger partial charge in [0.2, 0.25) is 5.91 Å².